The maximum Gasteiger partial charge on any atom is 0.161 e. The second kappa shape index (κ2) is 8.44. The molecule has 0 amide bonds. The quantitative estimate of drug-likeness (QED) is 0.533. The first-order valence-electron chi connectivity index (χ1n) is 7.29. The summed E-state index contributed by atoms with van der Waals surface area (Å²) < 4.78 is 16.5. The average molecular weight is 335 g/mol. The Labute approximate surface area is 140 Å². The van der Waals surface area contributed by atoms with E-state index in [-0.39, 0.29) is 0 Å². The lowest BCUT2D eigenvalue weighted by Crippen LogP contribution is -2.06. The van der Waals surface area contributed by atoms with E-state index >= 15 is 0 Å². The van der Waals surface area contributed by atoms with Gasteiger partial charge in [-0.05, 0) is 48.9 Å². The molecular weight excluding hydrogens is 316 g/mol. The van der Waals surface area contributed by atoms with Gasteiger partial charge in [0.1, 0.15) is 12.0 Å². The molecule has 0 aromatic heterocycles. The molecule has 0 atom stereocenters. The number of aryl methyl sites for hydroxylation is 1. The van der Waals surface area contributed by atoms with Crippen molar-refractivity contribution in [3.8, 4) is 17.2 Å². The van der Waals surface area contributed by atoms with Crippen molar-refractivity contribution >= 4 is 17.9 Å². The molecule has 0 saturated heterocycles. The molecule has 0 aliphatic carbocycles. The monoisotopic (exact) mass is 334 g/mol. The Morgan fingerprint density at radius 3 is 2.52 bits per heavy atom. The van der Waals surface area contributed by atoms with Crippen LogP contribution >= 0.6 is 11.6 Å². The van der Waals surface area contributed by atoms with Crippen LogP contribution in [-0.4, -0.2) is 26.6 Å². The molecule has 122 valence electrons. The summed E-state index contributed by atoms with van der Waals surface area (Å²) in [5, 5.41) is 0.728. The Hall–Kier alpha value is -2.20. The number of ether oxygens (including phenoxy) is 3. The maximum atomic E-state index is 10.7. The molecule has 2 aromatic rings. The molecule has 23 heavy (non-hydrogen) atoms. The van der Waals surface area contributed by atoms with Crippen LogP contribution in [0, 0.1) is 6.92 Å². The van der Waals surface area contributed by atoms with Gasteiger partial charge in [-0.15, -0.1) is 0 Å². The summed E-state index contributed by atoms with van der Waals surface area (Å²) in [5.41, 5.74) is 1.54. The highest BCUT2D eigenvalue weighted by Gasteiger charge is 2.05. The fourth-order valence-corrected chi connectivity index (χ4v) is 2.13. The van der Waals surface area contributed by atoms with Crippen molar-refractivity contribution in [2.24, 2.45) is 0 Å². The number of rotatable bonds is 8. The van der Waals surface area contributed by atoms with E-state index in [1.807, 2.05) is 25.1 Å². The molecule has 0 bridgehead atoms. The predicted octanol–water partition coefficient (Wildman–Crippen LogP) is 4.32. The fraction of sp³-hybridized carbons (Fsp3) is 0.278. The van der Waals surface area contributed by atoms with Crippen LogP contribution in [0.1, 0.15) is 22.3 Å². The molecule has 0 fully saturated rings. The largest absolute Gasteiger partial charge is 0.493 e. The van der Waals surface area contributed by atoms with Gasteiger partial charge in [0, 0.05) is 17.0 Å². The standard InChI is InChI=1S/C18H19ClO4/c1-13-10-15(5-6-16(13)19)22-8-3-9-23-17-7-4-14(12-20)11-18(17)21-2/h4-7,10-12H,3,8-9H2,1-2H3. The van der Waals surface area contributed by atoms with Crippen LogP contribution in [0.3, 0.4) is 0 Å². The number of halogens is 1. The molecule has 0 aliphatic rings. The van der Waals surface area contributed by atoms with Gasteiger partial charge in [-0.25, -0.2) is 0 Å². The normalized spacial score (nSPS) is 10.2. The predicted molar refractivity (Wildman–Crippen MR) is 90.2 cm³/mol. The van der Waals surface area contributed by atoms with E-state index in [4.69, 9.17) is 25.8 Å². The van der Waals surface area contributed by atoms with E-state index in [0.29, 0.717) is 30.3 Å². The summed E-state index contributed by atoms with van der Waals surface area (Å²) in [6.07, 6.45) is 1.49. The molecular formula is C18H19ClO4. The topological polar surface area (TPSA) is 44.8 Å². The van der Waals surface area contributed by atoms with Gasteiger partial charge in [0.05, 0.1) is 20.3 Å². The number of benzene rings is 2. The molecule has 0 radical (unpaired) electrons. The molecule has 4 nitrogen and oxygen atoms in total. The van der Waals surface area contributed by atoms with Crippen molar-refractivity contribution < 1.29 is 19.0 Å². The molecule has 0 heterocycles. The first-order valence-corrected chi connectivity index (χ1v) is 7.67. The fourth-order valence-electron chi connectivity index (χ4n) is 2.01. The van der Waals surface area contributed by atoms with E-state index in [9.17, 15) is 4.79 Å². The lowest BCUT2D eigenvalue weighted by molar-refractivity contribution is 0.112. The average Bonchev–Trinajstić information content (AvgIpc) is 2.57. The van der Waals surface area contributed by atoms with Gasteiger partial charge in [0.25, 0.3) is 0 Å². The molecule has 0 unspecified atom stereocenters. The van der Waals surface area contributed by atoms with Gasteiger partial charge < -0.3 is 14.2 Å². The summed E-state index contributed by atoms with van der Waals surface area (Å²) in [6.45, 7) is 2.97. The zero-order valence-corrected chi connectivity index (χ0v) is 13.9. The lowest BCUT2D eigenvalue weighted by atomic mass is 10.2. The molecule has 0 saturated carbocycles. The molecule has 0 N–H and O–H groups in total. The summed E-state index contributed by atoms with van der Waals surface area (Å²) in [5.74, 6) is 1.95. The van der Waals surface area contributed by atoms with Crippen LogP contribution in [-0.2, 0) is 0 Å². The van der Waals surface area contributed by atoms with E-state index in [1.165, 1.54) is 0 Å². The number of aldehydes is 1. The number of hydrogen-bond donors (Lipinski definition) is 0. The van der Waals surface area contributed by atoms with Gasteiger partial charge in [-0.1, -0.05) is 11.6 Å². The minimum absolute atomic E-state index is 0.489. The third kappa shape index (κ3) is 4.89. The van der Waals surface area contributed by atoms with E-state index in [1.54, 1.807) is 25.3 Å². The van der Waals surface area contributed by atoms with Crippen molar-refractivity contribution in [1.82, 2.24) is 0 Å². The molecule has 0 spiro atoms. The number of methoxy groups -OCH3 is 1. The molecule has 0 aliphatic heterocycles. The second-order valence-corrected chi connectivity index (χ2v) is 5.40. The van der Waals surface area contributed by atoms with Crippen molar-refractivity contribution in [3.05, 3.63) is 52.5 Å². The van der Waals surface area contributed by atoms with Gasteiger partial charge >= 0.3 is 0 Å². The first kappa shape index (κ1) is 17.2. The van der Waals surface area contributed by atoms with Crippen molar-refractivity contribution in [2.45, 2.75) is 13.3 Å². The summed E-state index contributed by atoms with van der Waals surface area (Å²) in [6, 6.07) is 10.6. The van der Waals surface area contributed by atoms with Gasteiger partial charge in [-0.3, -0.25) is 4.79 Å². The maximum absolute atomic E-state index is 10.7. The van der Waals surface area contributed by atoms with E-state index < -0.39 is 0 Å². The van der Waals surface area contributed by atoms with Crippen LogP contribution in [0.15, 0.2) is 36.4 Å². The number of carbonyl (C=O) groups excluding carboxylic acids is 1. The highest BCUT2D eigenvalue weighted by Crippen LogP contribution is 2.27. The lowest BCUT2D eigenvalue weighted by Gasteiger charge is -2.11. The highest BCUT2D eigenvalue weighted by molar-refractivity contribution is 6.31. The molecule has 2 rings (SSSR count). The Balaban J connectivity index is 1.79. The summed E-state index contributed by atoms with van der Waals surface area (Å²) in [4.78, 5) is 10.7. The van der Waals surface area contributed by atoms with Crippen LogP contribution < -0.4 is 14.2 Å². The summed E-state index contributed by atoms with van der Waals surface area (Å²) in [7, 11) is 1.54. The highest BCUT2D eigenvalue weighted by atomic mass is 35.5. The van der Waals surface area contributed by atoms with Crippen molar-refractivity contribution in [1.29, 1.82) is 0 Å². The molecule has 2 aromatic carbocycles. The van der Waals surface area contributed by atoms with E-state index in [2.05, 4.69) is 0 Å². The van der Waals surface area contributed by atoms with Crippen LogP contribution in [0.2, 0.25) is 5.02 Å². The smallest absolute Gasteiger partial charge is 0.161 e. The summed E-state index contributed by atoms with van der Waals surface area (Å²) >= 11 is 5.97. The van der Waals surface area contributed by atoms with Gasteiger partial charge in [0.15, 0.2) is 11.5 Å². The number of hydrogen-bond acceptors (Lipinski definition) is 4. The third-order valence-electron chi connectivity index (χ3n) is 3.27. The molecule has 5 heteroatoms. The zero-order chi connectivity index (χ0) is 16.7. The van der Waals surface area contributed by atoms with Crippen LogP contribution in [0.25, 0.3) is 0 Å². The minimum Gasteiger partial charge on any atom is -0.493 e. The Morgan fingerprint density at radius 2 is 1.83 bits per heavy atom. The van der Waals surface area contributed by atoms with Crippen LogP contribution in [0.4, 0.5) is 0 Å². The minimum atomic E-state index is 0.489. The van der Waals surface area contributed by atoms with Gasteiger partial charge in [-0.2, -0.15) is 0 Å². The third-order valence-corrected chi connectivity index (χ3v) is 3.69. The van der Waals surface area contributed by atoms with Gasteiger partial charge in [0.2, 0.25) is 0 Å². The van der Waals surface area contributed by atoms with Crippen molar-refractivity contribution in [2.75, 3.05) is 20.3 Å². The SMILES string of the molecule is COc1cc(C=O)ccc1OCCCOc1ccc(Cl)c(C)c1. The van der Waals surface area contributed by atoms with Crippen LogP contribution in [0.5, 0.6) is 17.2 Å². The van der Waals surface area contributed by atoms with E-state index in [0.717, 1.165) is 29.0 Å². The first-order chi connectivity index (χ1) is 11.1. The Bertz CT molecular complexity index is 670. The number of carbonyl (C=O) groups is 1. The van der Waals surface area contributed by atoms with Crippen molar-refractivity contribution in [3.63, 3.8) is 0 Å². The Kier molecular flexibility index (Phi) is 6.29. The Morgan fingerprint density at radius 1 is 1.04 bits per heavy atom. The second-order valence-electron chi connectivity index (χ2n) is 4.99. The zero-order valence-electron chi connectivity index (χ0n) is 13.2.